The first-order valence-corrected chi connectivity index (χ1v) is 6.93. The SMILES string of the molecule is CN(C)CCOCCNC(=O)N1CC(C)(OCC(=O)O)C1. The van der Waals surface area contributed by atoms with E-state index in [-0.39, 0.29) is 12.6 Å². The molecule has 2 N–H and O–H groups in total. The van der Waals surface area contributed by atoms with Crippen LogP contribution in [0.1, 0.15) is 6.92 Å². The number of carbonyl (C=O) groups excluding carboxylic acids is 1. The highest BCUT2D eigenvalue weighted by Gasteiger charge is 2.42. The summed E-state index contributed by atoms with van der Waals surface area (Å²) in [6, 6.07) is -0.178. The fourth-order valence-electron chi connectivity index (χ4n) is 1.92. The van der Waals surface area contributed by atoms with Gasteiger partial charge in [-0.15, -0.1) is 0 Å². The summed E-state index contributed by atoms with van der Waals surface area (Å²) < 4.78 is 10.6. The third kappa shape index (κ3) is 6.74. The van der Waals surface area contributed by atoms with E-state index in [1.165, 1.54) is 0 Å². The fourth-order valence-corrected chi connectivity index (χ4v) is 1.92. The number of hydrogen-bond acceptors (Lipinski definition) is 5. The molecule has 21 heavy (non-hydrogen) atoms. The molecule has 0 aliphatic carbocycles. The van der Waals surface area contributed by atoms with Gasteiger partial charge in [0.05, 0.1) is 26.3 Å². The number of nitrogens with one attached hydrogen (secondary N) is 1. The van der Waals surface area contributed by atoms with Crippen molar-refractivity contribution >= 4 is 12.0 Å². The van der Waals surface area contributed by atoms with E-state index in [1.54, 1.807) is 11.8 Å². The van der Waals surface area contributed by atoms with E-state index in [0.29, 0.717) is 32.8 Å². The number of nitrogens with zero attached hydrogens (tertiary/aromatic N) is 2. The van der Waals surface area contributed by atoms with E-state index in [1.807, 2.05) is 19.0 Å². The molecule has 0 aromatic rings. The molecule has 2 amide bonds. The number of carbonyl (C=O) groups is 2. The third-order valence-electron chi connectivity index (χ3n) is 3.09. The first kappa shape index (κ1) is 17.7. The van der Waals surface area contributed by atoms with Gasteiger partial charge in [0.15, 0.2) is 0 Å². The van der Waals surface area contributed by atoms with E-state index in [0.717, 1.165) is 6.54 Å². The van der Waals surface area contributed by atoms with Crippen molar-refractivity contribution in [3.63, 3.8) is 0 Å². The molecule has 1 aliphatic rings. The summed E-state index contributed by atoms with van der Waals surface area (Å²) in [5, 5.41) is 11.3. The summed E-state index contributed by atoms with van der Waals surface area (Å²) in [5.74, 6) is -1.01. The second-order valence-corrected chi connectivity index (χ2v) is 5.64. The Kier molecular flexibility index (Phi) is 6.86. The number of aliphatic carboxylic acids is 1. The lowest BCUT2D eigenvalue weighted by Gasteiger charge is -2.46. The Balaban J connectivity index is 2.06. The molecule has 1 heterocycles. The van der Waals surface area contributed by atoms with E-state index >= 15 is 0 Å². The van der Waals surface area contributed by atoms with Crippen LogP contribution < -0.4 is 5.32 Å². The Morgan fingerprint density at radius 3 is 2.57 bits per heavy atom. The zero-order chi connectivity index (χ0) is 15.9. The minimum absolute atomic E-state index is 0.178. The van der Waals surface area contributed by atoms with Gasteiger partial charge in [0.25, 0.3) is 0 Å². The van der Waals surface area contributed by atoms with Crippen molar-refractivity contribution in [3.05, 3.63) is 0 Å². The second kappa shape index (κ2) is 8.16. The Bertz CT molecular complexity index is 356. The largest absolute Gasteiger partial charge is 0.480 e. The van der Waals surface area contributed by atoms with Crippen LogP contribution in [0.25, 0.3) is 0 Å². The fraction of sp³-hybridized carbons (Fsp3) is 0.846. The monoisotopic (exact) mass is 303 g/mol. The summed E-state index contributed by atoms with van der Waals surface area (Å²) >= 11 is 0. The zero-order valence-electron chi connectivity index (χ0n) is 12.9. The van der Waals surface area contributed by atoms with Crippen molar-refractivity contribution in [2.45, 2.75) is 12.5 Å². The standard InChI is InChI=1S/C13H25N3O5/c1-13(21-8-11(17)18)9-16(10-13)12(19)14-4-6-20-7-5-15(2)3/h4-10H2,1-3H3,(H,14,19)(H,17,18). The van der Waals surface area contributed by atoms with Gasteiger partial charge in [0, 0.05) is 13.1 Å². The molecule has 0 spiro atoms. The predicted octanol–water partition coefficient (Wildman–Crippen LogP) is -0.550. The summed E-state index contributed by atoms with van der Waals surface area (Å²) in [5.41, 5.74) is -0.558. The quantitative estimate of drug-likeness (QED) is 0.555. The number of carboxylic acid groups (broad SMARTS) is 1. The molecular formula is C13H25N3O5. The van der Waals surface area contributed by atoms with Gasteiger partial charge in [0.2, 0.25) is 0 Å². The Hall–Kier alpha value is -1.38. The first-order valence-electron chi connectivity index (χ1n) is 6.93. The molecule has 1 fully saturated rings. The van der Waals surface area contributed by atoms with Crippen LogP contribution in [0.3, 0.4) is 0 Å². The Morgan fingerprint density at radius 2 is 2.00 bits per heavy atom. The van der Waals surface area contributed by atoms with Crippen LogP contribution >= 0.6 is 0 Å². The Morgan fingerprint density at radius 1 is 1.33 bits per heavy atom. The predicted molar refractivity (Wildman–Crippen MR) is 76.3 cm³/mol. The van der Waals surface area contributed by atoms with Crippen molar-refractivity contribution in [2.24, 2.45) is 0 Å². The lowest BCUT2D eigenvalue weighted by molar-refractivity contribution is -0.159. The van der Waals surface area contributed by atoms with Crippen molar-refractivity contribution in [1.29, 1.82) is 0 Å². The topological polar surface area (TPSA) is 91.3 Å². The van der Waals surface area contributed by atoms with Crippen LogP contribution in [0.4, 0.5) is 4.79 Å². The molecule has 0 saturated carbocycles. The number of carboxylic acids is 1. The molecule has 1 saturated heterocycles. The number of ether oxygens (including phenoxy) is 2. The van der Waals surface area contributed by atoms with Crippen molar-refractivity contribution in [2.75, 3.05) is 60.1 Å². The maximum Gasteiger partial charge on any atom is 0.329 e. The number of hydrogen-bond donors (Lipinski definition) is 2. The maximum atomic E-state index is 11.8. The molecule has 0 unspecified atom stereocenters. The van der Waals surface area contributed by atoms with Gasteiger partial charge in [0.1, 0.15) is 12.2 Å². The number of likely N-dealkylation sites (N-methyl/N-ethyl adjacent to an activating group) is 1. The van der Waals surface area contributed by atoms with Gasteiger partial charge < -0.3 is 29.7 Å². The van der Waals surface area contributed by atoms with E-state index in [2.05, 4.69) is 5.32 Å². The van der Waals surface area contributed by atoms with Crippen molar-refractivity contribution < 1.29 is 24.2 Å². The van der Waals surface area contributed by atoms with Gasteiger partial charge >= 0.3 is 12.0 Å². The lowest BCUT2D eigenvalue weighted by atomic mass is 9.97. The molecular weight excluding hydrogens is 278 g/mol. The summed E-state index contributed by atoms with van der Waals surface area (Å²) in [6.07, 6.45) is 0. The van der Waals surface area contributed by atoms with Crippen LogP contribution in [0.15, 0.2) is 0 Å². The number of rotatable bonds is 9. The van der Waals surface area contributed by atoms with Crippen LogP contribution in [-0.4, -0.2) is 92.6 Å². The molecule has 0 bridgehead atoms. The summed E-state index contributed by atoms with van der Waals surface area (Å²) in [6.45, 7) is 4.65. The summed E-state index contributed by atoms with van der Waals surface area (Å²) in [4.78, 5) is 25.8. The first-order chi connectivity index (χ1) is 9.82. The number of urea groups is 1. The average molecular weight is 303 g/mol. The average Bonchev–Trinajstić information content (AvgIpc) is 2.36. The summed E-state index contributed by atoms with van der Waals surface area (Å²) in [7, 11) is 3.94. The maximum absolute atomic E-state index is 11.8. The highest BCUT2D eigenvalue weighted by atomic mass is 16.5. The van der Waals surface area contributed by atoms with Crippen LogP contribution in [0.5, 0.6) is 0 Å². The van der Waals surface area contributed by atoms with Crippen molar-refractivity contribution in [1.82, 2.24) is 15.1 Å². The molecule has 8 heteroatoms. The van der Waals surface area contributed by atoms with Gasteiger partial charge in [-0.05, 0) is 21.0 Å². The minimum atomic E-state index is -1.01. The number of likely N-dealkylation sites (tertiary alicyclic amines) is 1. The van der Waals surface area contributed by atoms with Crippen molar-refractivity contribution in [3.8, 4) is 0 Å². The molecule has 1 rings (SSSR count). The van der Waals surface area contributed by atoms with E-state index < -0.39 is 11.6 Å². The molecule has 122 valence electrons. The molecule has 0 atom stereocenters. The smallest absolute Gasteiger partial charge is 0.329 e. The molecule has 0 aromatic carbocycles. The highest BCUT2D eigenvalue weighted by Crippen LogP contribution is 2.24. The van der Waals surface area contributed by atoms with E-state index in [4.69, 9.17) is 14.6 Å². The van der Waals surface area contributed by atoms with Gasteiger partial charge in [-0.3, -0.25) is 0 Å². The normalized spacial score (nSPS) is 16.7. The lowest BCUT2D eigenvalue weighted by Crippen LogP contribution is -2.65. The minimum Gasteiger partial charge on any atom is -0.480 e. The van der Waals surface area contributed by atoms with E-state index in [9.17, 15) is 9.59 Å². The Labute approximate surface area is 125 Å². The molecule has 0 radical (unpaired) electrons. The van der Waals surface area contributed by atoms with Crippen LogP contribution in [-0.2, 0) is 14.3 Å². The molecule has 8 nitrogen and oxygen atoms in total. The molecule has 1 aliphatic heterocycles. The van der Waals surface area contributed by atoms with Gasteiger partial charge in [-0.1, -0.05) is 0 Å². The zero-order valence-corrected chi connectivity index (χ0v) is 12.9. The van der Waals surface area contributed by atoms with Gasteiger partial charge in [-0.2, -0.15) is 0 Å². The molecule has 0 aromatic heterocycles. The van der Waals surface area contributed by atoms with Crippen LogP contribution in [0, 0.1) is 0 Å². The van der Waals surface area contributed by atoms with Gasteiger partial charge in [-0.25, -0.2) is 9.59 Å². The van der Waals surface area contributed by atoms with Crippen LogP contribution in [0.2, 0.25) is 0 Å². The second-order valence-electron chi connectivity index (χ2n) is 5.64. The highest BCUT2D eigenvalue weighted by molar-refractivity contribution is 5.75. The number of amides is 2. The third-order valence-corrected chi connectivity index (χ3v) is 3.09.